The molecule has 0 aromatic rings. The van der Waals surface area contributed by atoms with Gasteiger partial charge in [0, 0.05) is 11.2 Å². The lowest BCUT2D eigenvalue weighted by molar-refractivity contribution is -0.151. The van der Waals surface area contributed by atoms with Crippen molar-refractivity contribution >= 4 is 29.7 Å². The molecule has 2 amide bonds. The lowest BCUT2D eigenvalue weighted by Gasteiger charge is -2.48. The van der Waals surface area contributed by atoms with E-state index in [0.717, 1.165) is 0 Å². The molecule has 2 atom stereocenters. The second kappa shape index (κ2) is 5.01. The van der Waals surface area contributed by atoms with Crippen molar-refractivity contribution in [3.8, 4) is 0 Å². The first-order chi connectivity index (χ1) is 9.20. The standard InChI is InChI=1S/C12H16N2O5S/c1-12(2,3)19-11(18)13-8-6-4-20-5-7(10(16)17)14(6)9(8)15/h5-6,8H,4H2,1-3H3,(H,13,18)(H,16,17)/t6-,8-/m1/s1. The molecule has 0 aromatic carbocycles. The molecular weight excluding hydrogens is 284 g/mol. The number of nitrogens with one attached hydrogen (secondary N) is 1. The van der Waals surface area contributed by atoms with Gasteiger partial charge in [0.2, 0.25) is 0 Å². The quantitative estimate of drug-likeness (QED) is 0.731. The van der Waals surface area contributed by atoms with Gasteiger partial charge < -0.3 is 15.2 Å². The number of carboxylic acids is 1. The maximum atomic E-state index is 12.0. The topological polar surface area (TPSA) is 95.9 Å². The van der Waals surface area contributed by atoms with Gasteiger partial charge in [0.1, 0.15) is 17.3 Å². The first-order valence-electron chi connectivity index (χ1n) is 6.08. The number of fused-ring (bicyclic) bond motifs is 1. The van der Waals surface area contributed by atoms with Crippen LogP contribution in [0.5, 0.6) is 0 Å². The zero-order valence-electron chi connectivity index (χ0n) is 11.4. The van der Waals surface area contributed by atoms with E-state index >= 15 is 0 Å². The minimum Gasteiger partial charge on any atom is -0.477 e. The molecule has 110 valence electrons. The fraction of sp³-hybridized carbons (Fsp3) is 0.583. The fourth-order valence-electron chi connectivity index (χ4n) is 2.04. The van der Waals surface area contributed by atoms with Crippen molar-refractivity contribution in [2.45, 2.75) is 38.5 Å². The highest BCUT2D eigenvalue weighted by Gasteiger charge is 2.52. The number of carbonyl (C=O) groups excluding carboxylic acids is 2. The average molecular weight is 300 g/mol. The number of carbonyl (C=O) groups is 3. The smallest absolute Gasteiger partial charge is 0.408 e. The van der Waals surface area contributed by atoms with Crippen molar-refractivity contribution in [1.82, 2.24) is 10.2 Å². The van der Waals surface area contributed by atoms with Crippen LogP contribution in [-0.2, 0) is 14.3 Å². The third-order valence-corrected chi connectivity index (χ3v) is 3.76. The van der Waals surface area contributed by atoms with Crippen LogP contribution in [0.2, 0.25) is 0 Å². The number of β-lactam (4-membered cyclic amide) rings is 1. The molecule has 0 spiro atoms. The number of alkyl carbamates (subject to hydrolysis) is 1. The normalized spacial score (nSPS) is 25.2. The summed E-state index contributed by atoms with van der Waals surface area (Å²) in [6.07, 6.45) is -0.674. The monoisotopic (exact) mass is 300 g/mol. The Bertz CT molecular complexity index is 497. The number of rotatable bonds is 2. The molecule has 2 N–H and O–H groups in total. The second-order valence-corrected chi connectivity index (χ2v) is 6.44. The minimum atomic E-state index is -1.15. The Morgan fingerprint density at radius 1 is 1.50 bits per heavy atom. The Morgan fingerprint density at radius 3 is 2.70 bits per heavy atom. The Morgan fingerprint density at radius 2 is 2.15 bits per heavy atom. The lowest BCUT2D eigenvalue weighted by atomic mass is 9.95. The maximum Gasteiger partial charge on any atom is 0.408 e. The Hall–Kier alpha value is -1.70. The molecule has 1 saturated heterocycles. The lowest BCUT2D eigenvalue weighted by Crippen LogP contribution is -2.72. The number of aliphatic carboxylic acids is 1. The van der Waals surface area contributed by atoms with Crippen LogP contribution in [0.25, 0.3) is 0 Å². The molecule has 8 heteroatoms. The van der Waals surface area contributed by atoms with Crippen molar-refractivity contribution in [3.63, 3.8) is 0 Å². The molecule has 0 unspecified atom stereocenters. The van der Waals surface area contributed by atoms with Gasteiger partial charge in [-0.15, -0.1) is 11.8 Å². The third-order valence-electron chi connectivity index (χ3n) is 2.83. The molecule has 0 aromatic heterocycles. The molecule has 7 nitrogen and oxygen atoms in total. The van der Waals surface area contributed by atoms with Crippen molar-refractivity contribution < 1.29 is 24.2 Å². The van der Waals surface area contributed by atoms with E-state index in [2.05, 4.69) is 5.32 Å². The van der Waals surface area contributed by atoms with Gasteiger partial charge >= 0.3 is 12.1 Å². The fourth-order valence-corrected chi connectivity index (χ4v) is 3.05. The van der Waals surface area contributed by atoms with E-state index in [1.54, 1.807) is 20.8 Å². The zero-order valence-corrected chi connectivity index (χ0v) is 12.2. The second-order valence-electron chi connectivity index (χ2n) is 5.54. The van der Waals surface area contributed by atoms with Gasteiger partial charge in [0.15, 0.2) is 0 Å². The molecule has 1 fully saturated rings. The summed E-state index contributed by atoms with van der Waals surface area (Å²) in [7, 11) is 0. The SMILES string of the molecule is CC(C)(C)OC(=O)N[C@H]1C(=O)N2C(C(=O)O)=CSC[C@H]12. The summed E-state index contributed by atoms with van der Waals surface area (Å²) in [6, 6.07) is -1.06. The number of thioether (sulfide) groups is 1. The van der Waals surface area contributed by atoms with Gasteiger partial charge in [-0.2, -0.15) is 0 Å². The van der Waals surface area contributed by atoms with E-state index in [1.165, 1.54) is 22.1 Å². The molecular formula is C12H16N2O5S. The van der Waals surface area contributed by atoms with E-state index in [0.29, 0.717) is 5.75 Å². The van der Waals surface area contributed by atoms with Crippen LogP contribution < -0.4 is 5.32 Å². The van der Waals surface area contributed by atoms with Gasteiger partial charge in [0.25, 0.3) is 5.91 Å². The molecule has 2 aliphatic rings. The molecule has 2 aliphatic heterocycles. The zero-order chi connectivity index (χ0) is 15.1. The summed E-state index contributed by atoms with van der Waals surface area (Å²) in [4.78, 5) is 35.8. The van der Waals surface area contributed by atoms with Crippen molar-refractivity contribution in [2.24, 2.45) is 0 Å². The summed E-state index contributed by atoms with van der Waals surface area (Å²) in [6.45, 7) is 5.18. The van der Waals surface area contributed by atoms with Crippen molar-refractivity contribution in [1.29, 1.82) is 0 Å². The van der Waals surface area contributed by atoms with E-state index < -0.39 is 29.6 Å². The van der Waals surface area contributed by atoms with Gasteiger partial charge in [-0.1, -0.05) is 0 Å². The first kappa shape index (κ1) is 14.7. The van der Waals surface area contributed by atoms with E-state index in [-0.39, 0.29) is 11.7 Å². The van der Waals surface area contributed by atoms with Crippen LogP contribution in [0.3, 0.4) is 0 Å². The summed E-state index contributed by atoms with van der Waals surface area (Å²) in [5.74, 6) is -1.02. The van der Waals surface area contributed by atoms with E-state index in [4.69, 9.17) is 9.84 Å². The van der Waals surface area contributed by atoms with Crippen LogP contribution in [0.15, 0.2) is 11.1 Å². The first-order valence-corrected chi connectivity index (χ1v) is 7.13. The van der Waals surface area contributed by atoms with Crippen molar-refractivity contribution in [2.75, 3.05) is 5.75 Å². The third kappa shape index (κ3) is 2.74. The Kier molecular flexibility index (Phi) is 3.68. The van der Waals surface area contributed by atoms with Gasteiger partial charge in [-0.05, 0) is 20.8 Å². The largest absolute Gasteiger partial charge is 0.477 e. The summed E-state index contributed by atoms with van der Waals surface area (Å²) in [5, 5.41) is 13.0. The minimum absolute atomic E-state index is 0.0431. The predicted octanol–water partition coefficient (Wildman–Crippen LogP) is 0.763. The van der Waals surface area contributed by atoms with Crippen molar-refractivity contribution in [3.05, 3.63) is 11.1 Å². The predicted molar refractivity (Wildman–Crippen MR) is 72.0 cm³/mol. The molecule has 0 bridgehead atoms. The van der Waals surface area contributed by atoms with Gasteiger partial charge in [0.05, 0.1) is 6.04 Å². The Labute approximate surface area is 120 Å². The number of hydrogen-bond donors (Lipinski definition) is 2. The summed E-state index contributed by atoms with van der Waals surface area (Å²) < 4.78 is 5.09. The summed E-state index contributed by atoms with van der Waals surface area (Å²) in [5.41, 5.74) is -0.692. The molecule has 0 saturated carbocycles. The number of carboxylic acid groups (broad SMARTS) is 1. The number of ether oxygens (including phenoxy) is 1. The number of nitrogens with zero attached hydrogens (tertiary/aromatic N) is 1. The maximum absolute atomic E-state index is 12.0. The van der Waals surface area contributed by atoms with Crippen LogP contribution in [-0.4, -0.2) is 51.4 Å². The van der Waals surface area contributed by atoms with Crippen LogP contribution in [0.1, 0.15) is 20.8 Å². The highest BCUT2D eigenvalue weighted by atomic mass is 32.2. The van der Waals surface area contributed by atoms with Crippen LogP contribution in [0.4, 0.5) is 4.79 Å². The molecule has 0 aliphatic carbocycles. The average Bonchev–Trinajstić information content (AvgIpc) is 2.32. The molecule has 20 heavy (non-hydrogen) atoms. The Balaban J connectivity index is 2.01. The molecule has 2 rings (SSSR count). The van der Waals surface area contributed by atoms with Gasteiger partial charge in [-0.25, -0.2) is 9.59 Å². The van der Waals surface area contributed by atoms with Crippen LogP contribution in [0, 0.1) is 0 Å². The summed E-state index contributed by atoms with van der Waals surface area (Å²) >= 11 is 1.31. The highest BCUT2D eigenvalue weighted by molar-refractivity contribution is 8.02. The van der Waals surface area contributed by atoms with E-state index in [9.17, 15) is 14.4 Å². The molecule has 0 radical (unpaired) electrons. The number of hydrogen-bond acceptors (Lipinski definition) is 5. The van der Waals surface area contributed by atoms with Gasteiger partial charge in [-0.3, -0.25) is 9.69 Å². The number of amides is 2. The highest BCUT2D eigenvalue weighted by Crippen LogP contribution is 2.34. The van der Waals surface area contributed by atoms with Crippen LogP contribution >= 0.6 is 11.8 Å². The molecule has 2 heterocycles. The van der Waals surface area contributed by atoms with E-state index in [1.807, 2.05) is 0 Å².